The van der Waals surface area contributed by atoms with Crippen LogP contribution >= 0.6 is 0 Å². The maximum atomic E-state index is 12.1. The van der Waals surface area contributed by atoms with Crippen LogP contribution in [0.4, 0.5) is 0 Å². The molecule has 1 saturated heterocycles. The molecule has 0 aromatic heterocycles. The standard InChI is InChI=1S/C17H24O6/c1-7-11(19)5-10-13(7)15-14(8(2)16(20)23-15)12(22-9(3)18)6-17(10,4)21/h8,10-12,14-15,19,21H,5-6H2,1-4H3. The summed E-state index contributed by atoms with van der Waals surface area (Å²) >= 11 is 0. The minimum atomic E-state index is -1.13. The summed E-state index contributed by atoms with van der Waals surface area (Å²) in [7, 11) is 0. The Labute approximate surface area is 135 Å². The van der Waals surface area contributed by atoms with Gasteiger partial charge in [0.15, 0.2) is 0 Å². The molecule has 1 aliphatic heterocycles. The third-order valence-corrected chi connectivity index (χ3v) is 5.75. The number of aliphatic hydroxyl groups is 2. The van der Waals surface area contributed by atoms with Gasteiger partial charge in [-0.25, -0.2) is 0 Å². The molecule has 2 N–H and O–H groups in total. The Morgan fingerprint density at radius 3 is 2.70 bits per heavy atom. The summed E-state index contributed by atoms with van der Waals surface area (Å²) in [6.45, 7) is 6.61. The van der Waals surface area contributed by atoms with Crippen LogP contribution in [0.1, 0.15) is 40.5 Å². The molecule has 0 aromatic carbocycles. The smallest absolute Gasteiger partial charge is 0.309 e. The zero-order valence-electron chi connectivity index (χ0n) is 13.9. The lowest BCUT2D eigenvalue weighted by molar-refractivity contribution is -0.154. The molecule has 6 heteroatoms. The summed E-state index contributed by atoms with van der Waals surface area (Å²) in [6, 6.07) is 0. The molecule has 6 nitrogen and oxygen atoms in total. The normalized spacial score (nSPS) is 46.1. The Bertz CT molecular complexity index is 578. The van der Waals surface area contributed by atoms with E-state index in [1.807, 2.05) is 6.92 Å². The van der Waals surface area contributed by atoms with Crippen LogP contribution in [0.25, 0.3) is 0 Å². The first kappa shape index (κ1) is 16.5. The number of carbonyl (C=O) groups is 2. The molecule has 0 aromatic rings. The van der Waals surface area contributed by atoms with E-state index in [2.05, 4.69) is 0 Å². The highest BCUT2D eigenvalue weighted by Crippen LogP contribution is 2.52. The van der Waals surface area contributed by atoms with Crippen molar-refractivity contribution in [2.75, 3.05) is 0 Å². The molecule has 1 heterocycles. The maximum absolute atomic E-state index is 12.1. The Morgan fingerprint density at radius 1 is 1.43 bits per heavy atom. The van der Waals surface area contributed by atoms with E-state index in [1.165, 1.54) is 6.92 Å². The fourth-order valence-electron chi connectivity index (χ4n) is 4.54. The molecule has 3 rings (SSSR count). The van der Waals surface area contributed by atoms with Crippen molar-refractivity contribution in [1.29, 1.82) is 0 Å². The van der Waals surface area contributed by atoms with Crippen LogP contribution < -0.4 is 0 Å². The second-order valence-electron chi connectivity index (χ2n) is 7.38. The lowest BCUT2D eigenvalue weighted by atomic mass is 9.81. The molecule has 7 unspecified atom stereocenters. The van der Waals surface area contributed by atoms with Gasteiger partial charge in [0.05, 0.1) is 23.5 Å². The number of rotatable bonds is 1. The summed E-state index contributed by atoms with van der Waals surface area (Å²) in [4.78, 5) is 23.6. The van der Waals surface area contributed by atoms with Crippen LogP contribution in [-0.4, -0.2) is 46.1 Å². The van der Waals surface area contributed by atoms with E-state index < -0.39 is 35.8 Å². The Balaban J connectivity index is 2.10. The van der Waals surface area contributed by atoms with Gasteiger partial charge < -0.3 is 19.7 Å². The number of hydrogen-bond donors (Lipinski definition) is 2. The van der Waals surface area contributed by atoms with Gasteiger partial charge in [0, 0.05) is 19.3 Å². The molecule has 128 valence electrons. The van der Waals surface area contributed by atoms with Crippen LogP contribution in [0.15, 0.2) is 11.1 Å². The maximum Gasteiger partial charge on any atom is 0.309 e. The molecule has 0 bridgehead atoms. The van der Waals surface area contributed by atoms with Gasteiger partial charge in [-0.1, -0.05) is 6.92 Å². The molecule has 2 fully saturated rings. The molecule has 2 aliphatic carbocycles. The van der Waals surface area contributed by atoms with Crippen LogP contribution in [0, 0.1) is 17.8 Å². The van der Waals surface area contributed by atoms with E-state index in [0.717, 1.165) is 11.1 Å². The van der Waals surface area contributed by atoms with Gasteiger partial charge in [-0.3, -0.25) is 9.59 Å². The minimum Gasteiger partial charge on any atom is -0.462 e. The van der Waals surface area contributed by atoms with E-state index in [1.54, 1.807) is 13.8 Å². The molecule has 0 spiro atoms. The number of hydrogen-bond acceptors (Lipinski definition) is 6. The van der Waals surface area contributed by atoms with E-state index >= 15 is 0 Å². The van der Waals surface area contributed by atoms with E-state index in [0.29, 0.717) is 6.42 Å². The summed E-state index contributed by atoms with van der Waals surface area (Å²) in [5.74, 6) is -1.81. The van der Waals surface area contributed by atoms with Crippen LogP contribution in [0.2, 0.25) is 0 Å². The fraction of sp³-hybridized carbons (Fsp3) is 0.765. The van der Waals surface area contributed by atoms with E-state index in [-0.39, 0.29) is 24.2 Å². The molecule has 23 heavy (non-hydrogen) atoms. The Morgan fingerprint density at radius 2 is 2.09 bits per heavy atom. The SMILES string of the molecule is CC(=O)OC1CC(C)(O)C2CC(O)C(C)=C2C2OC(=O)C(C)C12. The number of fused-ring (bicyclic) bond motifs is 3. The average molecular weight is 324 g/mol. The molecule has 0 radical (unpaired) electrons. The van der Waals surface area contributed by atoms with Crippen molar-refractivity contribution in [3.63, 3.8) is 0 Å². The van der Waals surface area contributed by atoms with Crippen molar-refractivity contribution >= 4 is 11.9 Å². The van der Waals surface area contributed by atoms with Crippen molar-refractivity contribution in [3.8, 4) is 0 Å². The predicted octanol–water partition coefficient (Wildman–Crippen LogP) is 0.948. The molecular formula is C17H24O6. The Kier molecular flexibility index (Phi) is 3.80. The second-order valence-corrected chi connectivity index (χ2v) is 7.38. The highest BCUT2D eigenvalue weighted by atomic mass is 16.6. The highest BCUT2D eigenvalue weighted by Gasteiger charge is 2.58. The first-order valence-corrected chi connectivity index (χ1v) is 8.12. The van der Waals surface area contributed by atoms with Gasteiger partial charge in [0.1, 0.15) is 12.2 Å². The summed E-state index contributed by atoms with van der Waals surface area (Å²) in [5, 5.41) is 21.2. The molecule has 3 aliphatic rings. The lowest BCUT2D eigenvalue weighted by Gasteiger charge is -2.32. The number of aliphatic hydroxyl groups excluding tert-OH is 1. The van der Waals surface area contributed by atoms with Crippen LogP contribution in [0.3, 0.4) is 0 Å². The summed E-state index contributed by atoms with van der Waals surface area (Å²) in [5.41, 5.74) is 0.431. The van der Waals surface area contributed by atoms with Crippen molar-refractivity contribution in [1.82, 2.24) is 0 Å². The van der Waals surface area contributed by atoms with Gasteiger partial charge in [0.2, 0.25) is 0 Å². The number of ether oxygens (including phenoxy) is 2. The van der Waals surface area contributed by atoms with Gasteiger partial charge in [-0.2, -0.15) is 0 Å². The van der Waals surface area contributed by atoms with E-state index in [9.17, 15) is 19.8 Å². The van der Waals surface area contributed by atoms with E-state index in [4.69, 9.17) is 9.47 Å². The zero-order chi connectivity index (χ0) is 17.1. The number of esters is 2. The second kappa shape index (κ2) is 5.31. The third kappa shape index (κ3) is 2.48. The summed E-state index contributed by atoms with van der Waals surface area (Å²) < 4.78 is 11.0. The lowest BCUT2D eigenvalue weighted by Crippen LogP contribution is -2.40. The van der Waals surface area contributed by atoms with Crippen LogP contribution in [-0.2, 0) is 19.1 Å². The van der Waals surface area contributed by atoms with Crippen molar-refractivity contribution in [2.24, 2.45) is 17.8 Å². The van der Waals surface area contributed by atoms with Crippen molar-refractivity contribution in [2.45, 2.75) is 64.4 Å². The largest absolute Gasteiger partial charge is 0.462 e. The zero-order valence-corrected chi connectivity index (χ0v) is 13.9. The van der Waals surface area contributed by atoms with Crippen LogP contribution in [0.5, 0.6) is 0 Å². The van der Waals surface area contributed by atoms with Crippen molar-refractivity contribution in [3.05, 3.63) is 11.1 Å². The first-order valence-electron chi connectivity index (χ1n) is 8.12. The summed E-state index contributed by atoms with van der Waals surface area (Å²) in [6.07, 6.45) is -1.14. The van der Waals surface area contributed by atoms with Gasteiger partial charge in [0.25, 0.3) is 0 Å². The molecule has 0 amide bonds. The molecule has 1 saturated carbocycles. The first-order chi connectivity index (χ1) is 10.6. The monoisotopic (exact) mass is 324 g/mol. The predicted molar refractivity (Wildman–Crippen MR) is 80.1 cm³/mol. The van der Waals surface area contributed by atoms with Gasteiger partial charge >= 0.3 is 11.9 Å². The van der Waals surface area contributed by atoms with Crippen molar-refractivity contribution < 1.29 is 29.3 Å². The number of carbonyl (C=O) groups excluding carboxylic acids is 2. The quantitative estimate of drug-likeness (QED) is 0.551. The molecular weight excluding hydrogens is 300 g/mol. The Hall–Kier alpha value is -1.40. The fourth-order valence-corrected chi connectivity index (χ4v) is 4.54. The average Bonchev–Trinajstić information content (AvgIpc) is 2.84. The van der Waals surface area contributed by atoms with Gasteiger partial charge in [-0.05, 0) is 31.4 Å². The molecule has 7 atom stereocenters. The third-order valence-electron chi connectivity index (χ3n) is 5.75. The topological polar surface area (TPSA) is 93.1 Å². The van der Waals surface area contributed by atoms with Gasteiger partial charge in [-0.15, -0.1) is 0 Å². The highest BCUT2D eigenvalue weighted by molar-refractivity contribution is 5.76. The minimum absolute atomic E-state index is 0.225.